The van der Waals surface area contributed by atoms with Crippen LogP contribution in [-0.2, 0) is 19.4 Å². The lowest BCUT2D eigenvalue weighted by Crippen LogP contribution is -2.54. The van der Waals surface area contributed by atoms with Gasteiger partial charge in [0.25, 0.3) is 0 Å². The van der Waals surface area contributed by atoms with E-state index >= 15 is 0 Å². The van der Waals surface area contributed by atoms with E-state index in [4.69, 9.17) is 5.10 Å². The Kier molecular flexibility index (Phi) is 4.49. The smallest absolute Gasteiger partial charge is 0.0766 e. The van der Waals surface area contributed by atoms with E-state index in [0.29, 0.717) is 5.41 Å². The van der Waals surface area contributed by atoms with Crippen molar-refractivity contribution in [2.75, 3.05) is 13.1 Å². The lowest BCUT2D eigenvalue weighted by molar-refractivity contribution is 0.147. The van der Waals surface area contributed by atoms with Gasteiger partial charge in [0.05, 0.1) is 15.9 Å². The first-order chi connectivity index (χ1) is 8.65. The first-order valence-electron chi connectivity index (χ1n) is 7.10. The molecule has 1 aromatic rings. The van der Waals surface area contributed by atoms with E-state index in [9.17, 15) is 0 Å². The molecule has 0 atom stereocenters. The molecule has 18 heavy (non-hydrogen) atoms. The summed E-state index contributed by atoms with van der Waals surface area (Å²) in [4.78, 5) is 0. The summed E-state index contributed by atoms with van der Waals surface area (Å²) in [6, 6.07) is 0. The number of rotatable bonds is 6. The van der Waals surface area contributed by atoms with Crippen LogP contribution in [0.2, 0.25) is 0 Å². The van der Waals surface area contributed by atoms with Crippen molar-refractivity contribution in [1.29, 1.82) is 0 Å². The van der Waals surface area contributed by atoms with Crippen molar-refractivity contribution < 1.29 is 0 Å². The Morgan fingerprint density at radius 2 is 2.06 bits per heavy atom. The molecule has 0 bridgehead atoms. The highest BCUT2D eigenvalue weighted by molar-refractivity contribution is 9.10. The molecule has 1 saturated heterocycles. The highest BCUT2D eigenvalue weighted by Gasteiger charge is 2.37. The molecule has 3 nitrogen and oxygen atoms in total. The molecule has 4 heteroatoms. The maximum atomic E-state index is 4.70. The first-order valence-corrected chi connectivity index (χ1v) is 7.90. The van der Waals surface area contributed by atoms with Gasteiger partial charge in [-0.25, -0.2) is 0 Å². The minimum absolute atomic E-state index is 0.467. The van der Waals surface area contributed by atoms with Gasteiger partial charge < -0.3 is 5.32 Å². The number of aromatic nitrogens is 2. The van der Waals surface area contributed by atoms with Crippen LogP contribution >= 0.6 is 15.9 Å². The largest absolute Gasteiger partial charge is 0.316 e. The Morgan fingerprint density at radius 3 is 2.50 bits per heavy atom. The zero-order valence-corrected chi connectivity index (χ0v) is 13.3. The van der Waals surface area contributed by atoms with Gasteiger partial charge in [-0.15, -0.1) is 0 Å². The maximum Gasteiger partial charge on any atom is 0.0766 e. The van der Waals surface area contributed by atoms with Crippen molar-refractivity contribution in [3.63, 3.8) is 0 Å². The summed E-state index contributed by atoms with van der Waals surface area (Å²) in [5.41, 5.74) is 3.06. The Morgan fingerprint density at radius 1 is 1.33 bits per heavy atom. The summed E-state index contributed by atoms with van der Waals surface area (Å²) in [7, 11) is 0. The third-order valence-electron chi connectivity index (χ3n) is 4.02. The molecular weight excluding hydrogens is 290 g/mol. The fraction of sp³-hybridized carbons (Fsp3) is 0.786. The molecule has 1 aromatic heterocycles. The predicted molar refractivity (Wildman–Crippen MR) is 78.9 cm³/mol. The molecule has 0 unspecified atom stereocenters. The topological polar surface area (TPSA) is 29.9 Å². The molecule has 0 amide bonds. The van der Waals surface area contributed by atoms with Crippen LogP contribution in [0.3, 0.4) is 0 Å². The summed E-state index contributed by atoms with van der Waals surface area (Å²) >= 11 is 3.76. The zero-order chi connectivity index (χ0) is 13.2. The van der Waals surface area contributed by atoms with Gasteiger partial charge in [0.2, 0.25) is 0 Å². The van der Waals surface area contributed by atoms with Crippen LogP contribution in [0.1, 0.15) is 45.0 Å². The van der Waals surface area contributed by atoms with Gasteiger partial charge in [-0.2, -0.15) is 5.10 Å². The Bertz CT molecular complexity index is 407. The normalized spacial score (nSPS) is 17.8. The minimum atomic E-state index is 0.467. The van der Waals surface area contributed by atoms with Crippen LogP contribution in [0.25, 0.3) is 0 Å². The van der Waals surface area contributed by atoms with E-state index in [1.54, 1.807) is 0 Å². The molecule has 0 spiro atoms. The molecule has 0 radical (unpaired) electrons. The molecule has 0 aliphatic carbocycles. The van der Waals surface area contributed by atoms with Gasteiger partial charge in [-0.1, -0.05) is 20.3 Å². The first kappa shape index (κ1) is 14.1. The Balaban J connectivity index is 2.24. The van der Waals surface area contributed by atoms with Gasteiger partial charge in [-0.3, -0.25) is 4.68 Å². The van der Waals surface area contributed by atoms with Crippen molar-refractivity contribution in [2.45, 2.75) is 53.0 Å². The lowest BCUT2D eigenvalue weighted by atomic mass is 9.74. The van der Waals surface area contributed by atoms with Crippen molar-refractivity contribution in [1.82, 2.24) is 15.1 Å². The monoisotopic (exact) mass is 313 g/mol. The zero-order valence-electron chi connectivity index (χ0n) is 11.7. The summed E-state index contributed by atoms with van der Waals surface area (Å²) in [5.74, 6) is 0. The van der Waals surface area contributed by atoms with E-state index in [2.05, 4.69) is 46.7 Å². The van der Waals surface area contributed by atoms with E-state index in [0.717, 1.165) is 32.5 Å². The van der Waals surface area contributed by atoms with Crippen LogP contribution in [0.4, 0.5) is 0 Å². The van der Waals surface area contributed by atoms with Crippen molar-refractivity contribution in [2.24, 2.45) is 5.41 Å². The number of aryl methyl sites for hydroxylation is 2. The number of hydrogen-bond acceptors (Lipinski definition) is 2. The molecule has 0 aromatic carbocycles. The van der Waals surface area contributed by atoms with Gasteiger partial charge in [0, 0.05) is 25.0 Å². The fourth-order valence-corrected chi connectivity index (χ4v) is 3.64. The lowest BCUT2D eigenvalue weighted by Gasteiger charge is -2.43. The molecule has 2 heterocycles. The van der Waals surface area contributed by atoms with Crippen molar-refractivity contribution in [3.05, 3.63) is 15.9 Å². The van der Waals surface area contributed by atoms with Crippen molar-refractivity contribution >= 4 is 15.9 Å². The van der Waals surface area contributed by atoms with Gasteiger partial charge in [0.15, 0.2) is 0 Å². The highest BCUT2D eigenvalue weighted by atomic mass is 79.9. The molecule has 0 saturated carbocycles. The maximum absolute atomic E-state index is 4.70. The molecular formula is C14H24BrN3. The average Bonchev–Trinajstić information content (AvgIpc) is 2.63. The van der Waals surface area contributed by atoms with Crippen LogP contribution in [0.15, 0.2) is 4.47 Å². The summed E-state index contributed by atoms with van der Waals surface area (Å²) in [6.07, 6.45) is 4.72. The molecule has 2 rings (SSSR count). The van der Waals surface area contributed by atoms with Crippen LogP contribution in [-0.4, -0.2) is 22.9 Å². The molecule has 1 N–H and O–H groups in total. The summed E-state index contributed by atoms with van der Waals surface area (Å²) in [6.45, 7) is 9.90. The molecule has 1 aliphatic rings. The van der Waals surface area contributed by atoms with Crippen LogP contribution in [0.5, 0.6) is 0 Å². The standard InChI is InChI=1S/C14H24BrN3/c1-4-7-14(9-16-10-14)8-12-13(15)11(5-2)17-18(12)6-3/h16H,4-10H2,1-3H3. The van der Waals surface area contributed by atoms with Gasteiger partial charge in [-0.05, 0) is 42.1 Å². The van der Waals surface area contributed by atoms with Gasteiger partial charge >= 0.3 is 0 Å². The second-order valence-electron chi connectivity index (χ2n) is 5.41. The SMILES string of the molecule is CCCC1(Cc2c(Br)c(CC)nn2CC)CNC1. The van der Waals surface area contributed by atoms with Crippen LogP contribution < -0.4 is 5.32 Å². The van der Waals surface area contributed by atoms with Crippen molar-refractivity contribution in [3.8, 4) is 0 Å². The number of hydrogen-bond donors (Lipinski definition) is 1. The summed E-state index contributed by atoms with van der Waals surface area (Å²) in [5, 5.41) is 8.14. The minimum Gasteiger partial charge on any atom is -0.316 e. The average molecular weight is 314 g/mol. The van der Waals surface area contributed by atoms with E-state index < -0.39 is 0 Å². The number of nitrogens with zero attached hydrogens (tertiary/aromatic N) is 2. The van der Waals surface area contributed by atoms with E-state index in [-0.39, 0.29) is 0 Å². The fourth-order valence-electron chi connectivity index (χ4n) is 2.94. The Hall–Kier alpha value is -0.350. The summed E-state index contributed by atoms with van der Waals surface area (Å²) < 4.78 is 3.42. The van der Waals surface area contributed by atoms with E-state index in [1.165, 1.54) is 28.7 Å². The predicted octanol–water partition coefficient (Wildman–Crippen LogP) is 3.16. The Labute approximate surface area is 118 Å². The number of nitrogens with one attached hydrogen (secondary N) is 1. The number of halogens is 1. The van der Waals surface area contributed by atoms with Crippen LogP contribution in [0, 0.1) is 5.41 Å². The second-order valence-corrected chi connectivity index (χ2v) is 6.20. The molecule has 1 fully saturated rings. The third kappa shape index (κ3) is 2.50. The second kappa shape index (κ2) is 5.74. The molecule has 1 aliphatic heterocycles. The van der Waals surface area contributed by atoms with E-state index in [1.807, 2.05) is 0 Å². The highest BCUT2D eigenvalue weighted by Crippen LogP contribution is 2.36. The van der Waals surface area contributed by atoms with Gasteiger partial charge in [0.1, 0.15) is 0 Å². The quantitative estimate of drug-likeness (QED) is 0.874. The molecule has 102 valence electrons. The third-order valence-corrected chi connectivity index (χ3v) is 4.93.